The zero-order valence-electron chi connectivity index (χ0n) is 9.96. The van der Waals surface area contributed by atoms with Gasteiger partial charge < -0.3 is 15.3 Å². The molecule has 0 radical (unpaired) electrons. The van der Waals surface area contributed by atoms with Crippen molar-refractivity contribution in [1.82, 2.24) is 10.2 Å². The van der Waals surface area contributed by atoms with E-state index in [-0.39, 0.29) is 6.03 Å². The Morgan fingerprint density at radius 3 is 3.00 bits per heavy atom. The summed E-state index contributed by atoms with van der Waals surface area (Å²) >= 11 is 1.57. The summed E-state index contributed by atoms with van der Waals surface area (Å²) in [5.41, 5.74) is 0. The molecular formula is C12H16N2O3S. The number of likely N-dealkylation sites (tertiary alicyclic amines) is 1. The van der Waals surface area contributed by atoms with Crippen molar-refractivity contribution in [3.63, 3.8) is 0 Å². The Morgan fingerprint density at radius 1 is 1.50 bits per heavy atom. The molecule has 1 aliphatic heterocycles. The molecule has 6 heteroatoms. The van der Waals surface area contributed by atoms with E-state index in [1.807, 2.05) is 17.5 Å². The van der Waals surface area contributed by atoms with Gasteiger partial charge in [0.05, 0.1) is 6.54 Å². The fourth-order valence-corrected chi connectivity index (χ4v) is 2.75. The molecule has 1 atom stereocenters. The number of amides is 2. The molecule has 2 amide bonds. The zero-order valence-corrected chi connectivity index (χ0v) is 10.8. The molecule has 5 nitrogen and oxygen atoms in total. The predicted octanol–water partition coefficient (Wildman–Crippen LogP) is 1.90. The van der Waals surface area contributed by atoms with Crippen LogP contribution in [0.15, 0.2) is 17.5 Å². The van der Waals surface area contributed by atoms with E-state index in [4.69, 9.17) is 5.11 Å². The highest BCUT2D eigenvalue weighted by Gasteiger charge is 2.31. The maximum Gasteiger partial charge on any atom is 0.326 e. The van der Waals surface area contributed by atoms with E-state index >= 15 is 0 Å². The molecular weight excluding hydrogens is 252 g/mol. The minimum Gasteiger partial charge on any atom is -0.480 e. The standard InChI is InChI=1S/C12H16N2O3S/c15-11(16)10-5-1-2-6-14(10)12(17)13-8-9-4-3-7-18-9/h3-4,7,10H,1-2,5-6,8H2,(H,13,17)(H,15,16). The van der Waals surface area contributed by atoms with Crippen LogP contribution >= 0.6 is 11.3 Å². The number of nitrogens with zero attached hydrogens (tertiary/aromatic N) is 1. The second-order valence-electron chi connectivity index (χ2n) is 4.28. The molecule has 2 N–H and O–H groups in total. The smallest absolute Gasteiger partial charge is 0.326 e. The lowest BCUT2D eigenvalue weighted by atomic mass is 10.0. The van der Waals surface area contributed by atoms with Gasteiger partial charge in [-0.05, 0) is 30.7 Å². The fraction of sp³-hybridized carbons (Fsp3) is 0.500. The predicted molar refractivity (Wildman–Crippen MR) is 68.5 cm³/mol. The minimum atomic E-state index is -0.916. The Morgan fingerprint density at radius 2 is 2.33 bits per heavy atom. The number of carboxylic acids is 1. The van der Waals surface area contributed by atoms with Crippen LogP contribution in [0.2, 0.25) is 0 Å². The lowest BCUT2D eigenvalue weighted by molar-refractivity contribution is -0.143. The largest absolute Gasteiger partial charge is 0.480 e. The van der Waals surface area contributed by atoms with Crippen LogP contribution in [0.1, 0.15) is 24.1 Å². The van der Waals surface area contributed by atoms with Crippen molar-refractivity contribution in [2.24, 2.45) is 0 Å². The third-order valence-electron chi connectivity index (χ3n) is 3.04. The summed E-state index contributed by atoms with van der Waals surface area (Å²) in [4.78, 5) is 25.5. The van der Waals surface area contributed by atoms with Crippen molar-refractivity contribution < 1.29 is 14.7 Å². The fourth-order valence-electron chi connectivity index (χ4n) is 2.11. The van der Waals surface area contributed by atoms with Crippen LogP contribution < -0.4 is 5.32 Å². The average Bonchev–Trinajstić information content (AvgIpc) is 2.89. The van der Waals surface area contributed by atoms with Crippen molar-refractivity contribution >= 4 is 23.3 Å². The molecule has 0 aromatic carbocycles. The van der Waals surface area contributed by atoms with Crippen LogP contribution in [-0.2, 0) is 11.3 Å². The highest BCUT2D eigenvalue weighted by molar-refractivity contribution is 7.09. The number of carbonyl (C=O) groups is 2. The first-order valence-corrected chi connectivity index (χ1v) is 6.86. The third-order valence-corrected chi connectivity index (χ3v) is 3.92. The second kappa shape index (κ2) is 5.86. The summed E-state index contributed by atoms with van der Waals surface area (Å²) in [5, 5.41) is 13.8. The second-order valence-corrected chi connectivity index (χ2v) is 5.31. The van der Waals surface area contributed by atoms with Gasteiger partial charge in [0.25, 0.3) is 0 Å². The molecule has 1 unspecified atom stereocenters. The van der Waals surface area contributed by atoms with E-state index in [9.17, 15) is 9.59 Å². The van der Waals surface area contributed by atoms with Gasteiger partial charge in [0, 0.05) is 11.4 Å². The average molecular weight is 268 g/mol. The Hall–Kier alpha value is -1.56. The van der Waals surface area contributed by atoms with Crippen molar-refractivity contribution in [2.45, 2.75) is 31.8 Å². The van der Waals surface area contributed by atoms with Crippen molar-refractivity contribution in [3.05, 3.63) is 22.4 Å². The van der Waals surface area contributed by atoms with Crippen LogP contribution in [0, 0.1) is 0 Å². The number of thiophene rings is 1. The highest BCUT2D eigenvalue weighted by Crippen LogP contribution is 2.17. The molecule has 2 heterocycles. The number of rotatable bonds is 3. The molecule has 0 saturated carbocycles. The zero-order chi connectivity index (χ0) is 13.0. The van der Waals surface area contributed by atoms with E-state index in [0.29, 0.717) is 19.5 Å². The Bertz CT molecular complexity index is 419. The molecule has 1 aromatic rings. The number of nitrogens with one attached hydrogen (secondary N) is 1. The molecule has 0 spiro atoms. The normalized spacial score (nSPS) is 19.6. The Balaban J connectivity index is 1.92. The number of hydrogen-bond acceptors (Lipinski definition) is 3. The molecule has 0 bridgehead atoms. The maximum atomic E-state index is 12.0. The molecule has 98 valence electrons. The van der Waals surface area contributed by atoms with Gasteiger partial charge >= 0.3 is 12.0 Å². The maximum absolute atomic E-state index is 12.0. The summed E-state index contributed by atoms with van der Waals surface area (Å²) in [6.45, 7) is 0.979. The molecule has 2 rings (SSSR count). The van der Waals surface area contributed by atoms with E-state index in [1.165, 1.54) is 4.90 Å². The van der Waals surface area contributed by atoms with E-state index in [0.717, 1.165) is 17.7 Å². The topological polar surface area (TPSA) is 69.6 Å². The lowest BCUT2D eigenvalue weighted by Crippen LogP contribution is -2.51. The van der Waals surface area contributed by atoms with Crippen molar-refractivity contribution in [1.29, 1.82) is 0 Å². The Labute approximate surface area is 109 Å². The van der Waals surface area contributed by atoms with Gasteiger partial charge in [-0.1, -0.05) is 6.07 Å². The summed E-state index contributed by atoms with van der Waals surface area (Å²) in [7, 11) is 0. The molecule has 1 saturated heterocycles. The summed E-state index contributed by atoms with van der Waals surface area (Å²) in [5.74, 6) is -0.916. The lowest BCUT2D eigenvalue weighted by Gasteiger charge is -2.32. The molecule has 1 fully saturated rings. The van der Waals surface area contributed by atoms with Crippen LogP contribution in [0.3, 0.4) is 0 Å². The minimum absolute atomic E-state index is 0.282. The Kier molecular flexibility index (Phi) is 4.19. The van der Waals surface area contributed by atoms with Gasteiger partial charge in [-0.3, -0.25) is 0 Å². The van der Waals surface area contributed by atoms with Gasteiger partial charge in [-0.15, -0.1) is 11.3 Å². The number of carboxylic acid groups (broad SMARTS) is 1. The molecule has 1 aromatic heterocycles. The van der Waals surface area contributed by atoms with Crippen LogP contribution in [0.5, 0.6) is 0 Å². The summed E-state index contributed by atoms with van der Waals surface area (Å²) < 4.78 is 0. The van der Waals surface area contributed by atoms with Crippen LogP contribution in [0.25, 0.3) is 0 Å². The van der Waals surface area contributed by atoms with Crippen LogP contribution in [-0.4, -0.2) is 34.6 Å². The monoisotopic (exact) mass is 268 g/mol. The first-order valence-electron chi connectivity index (χ1n) is 5.98. The number of aliphatic carboxylic acids is 1. The first-order chi connectivity index (χ1) is 8.68. The molecule has 1 aliphatic rings. The number of hydrogen-bond donors (Lipinski definition) is 2. The van der Waals surface area contributed by atoms with Gasteiger partial charge in [0.15, 0.2) is 0 Å². The first kappa shape index (κ1) is 12.9. The SMILES string of the molecule is O=C(O)C1CCCCN1C(=O)NCc1cccs1. The number of carbonyl (C=O) groups excluding carboxylic acids is 1. The van der Waals surface area contributed by atoms with Gasteiger partial charge in [-0.2, -0.15) is 0 Å². The quantitative estimate of drug-likeness (QED) is 0.879. The third kappa shape index (κ3) is 3.01. The van der Waals surface area contributed by atoms with Gasteiger partial charge in [0.2, 0.25) is 0 Å². The van der Waals surface area contributed by atoms with E-state index < -0.39 is 12.0 Å². The van der Waals surface area contributed by atoms with E-state index in [2.05, 4.69) is 5.32 Å². The number of piperidine rings is 1. The van der Waals surface area contributed by atoms with Crippen LogP contribution in [0.4, 0.5) is 4.79 Å². The molecule has 0 aliphatic carbocycles. The van der Waals surface area contributed by atoms with Gasteiger partial charge in [0.1, 0.15) is 6.04 Å². The summed E-state index contributed by atoms with van der Waals surface area (Å²) in [6, 6.07) is 2.90. The molecule has 18 heavy (non-hydrogen) atoms. The van der Waals surface area contributed by atoms with Gasteiger partial charge in [-0.25, -0.2) is 9.59 Å². The summed E-state index contributed by atoms with van der Waals surface area (Å²) in [6.07, 6.45) is 2.28. The van der Waals surface area contributed by atoms with E-state index in [1.54, 1.807) is 11.3 Å². The van der Waals surface area contributed by atoms with Crippen molar-refractivity contribution in [3.8, 4) is 0 Å². The number of urea groups is 1. The highest BCUT2D eigenvalue weighted by atomic mass is 32.1. The van der Waals surface area contributed by atoms with Crippen molar-refractivity contribution in [2.75, 3.05) is 6.54 Å².